The highest BCUT2D eigenvalue weighted by molar-refractivity contribution is 5.59. The van der Waals surface area contributed by atoms with Crippen molar-refractivity contribution in [1.29, 1.82) is 5.26 Å². The van der Waals surface area contributed by atoms with Crippen molar-refractivity contribution in [2.75, 3.05) is 0 Å². The van der Waals surface area contributed by atoms with Crippen molar-refractivity contribution in [1.82, 2.24) is 15.0 Å². The molecular weight excluding hydrogens is 355 g/mol. The van der Waals surface area contributed by atoms with Crippen LogP contribution < -0.4 is 0 Å². The summed E-state index contributed by atoms with van der Waals surface area (Å²) in [6, 6.07) is 12.6. The van der Waals surface area contributed by atoms with Crippen molar-refractivity contribution in [2.45, 2.75) is 39.2 Å². The zero-order valence-electron chi connectivity index (χ0n) is 16.2. The van der Waals surface area contributed by atoms with E-state index in [1.54, 1.807) is 19.2 Å². The summed E-state index contributed by atoms with van der Waals surface area (Å²) in [5.74, 6) is 0.289. The van der Waals surface area contributed by atoms with E-state index in [-0.39, 0.29) is 5.82 Å². The minimum absolute atomic E-state index is 0.314. The first-order chi connectivity index (χ1) is 13.2. The molecule has 2 aromatic heterocycles. The number of H-pyrrole nitrogens is 1. The molecule has 3 rings (SSSR count). The lowest BCUT2D eigenvalue weighted by Crippen LogP contribution is -2.25. The molecule has 0 saturated carbocycles. The number of rotatable bonds is 6. The molecule has 0 aliphatic carbocycles. The lowest BCUT2D eigenvalue weighted by Gasteiger charge is -2.23. The van der Waals surface area contributed by atoms with Crippen LogP contribution in [0.1, 0.15) is 37.9 Å². The maximum atomic E-state index is 13.0. The molecule has 28 heavy (non-hydrogen) atoms. The molecule has 1 aromatic carbocycles. The van der Waals surface area contributed by atoms with Gasteiger partial charge in [-0.1, -0.05) is 24.3 Å². The molecule has 6 heteroatoms. The van der Waals surface area contributed by atoms with E-state index in [1.165, 1.54) is 12.3 Å². The Balaban J connectivity index is 1.73. The molecule has 0 bridgehead atoms. The Morgan fingerprint density at radius 3 is 2.43 bits per heavy atom. The average molecular weight is 378 g/mol. The fraction of sp³-hybridized carbons (Fsp3) is 0.318. The van der Waals surface area contributed by atoms with Crippen molar-refractivity contribution in [3.05, 3.63) is 71.7 Å². The van der Waals surface area contributed by atoms with Gasteiger partial charge in [0.2, 0.25) is 0 Å². The Morgan fingerprint density at radius 2 is 1.82 bits per heavy atom. The number of nitrogens with one attached hydrogen (secondary N) is 1. The van der Waals surface area contributed by atoms with E-state index in [2.05, 4.69) is 21.0 Å². The molecule has 2 N–H and O–H groups in total. The van der Waals surface area contributed by atoms with Gasteiger partial charge in [-0.25, -0.2) is 9.37 Å². The van der Waals surface area contributed by atoms with Gasteiger partial charge in [0, 0.05) is 24.6 Å². The summed E-state index contributed by atoms with van der Waals surface area (Å²) in [6.45, 7) is 5.48. The highest BCUT2D eigenvalue weighted by atomic mass is 19.1. The van der Waals surface area contributed by atoms with E-state index >= 15 is 0 Å². The number of benzene rings is 1. The standard InChI is InChI=1S/C22H23FN4O/c1-21(2,14-24)10-18-13-26-20(27-18)11-22(3,28)16-6-4-15(5-7-16)19-9-8-17(23)12-25-19/h4-9,12-13,28H,10-11H2,1-3H3,(H,26,27). The molecule has 0 amide bonds. The van der Waals surface area contributed by atoms with Crippen LogP contribution in [0.15, 0.2) is 48.8 Å². The van der Waals surface area contributed by atoms with Gasteiger partial charge in [-0.2, -0.15) is 5.26 Å². The maximum Gasteiger partial charge on any atom is 0.141 e. The molecule has 2 heterocycles. The van der Waals surface area contributed by atoms with Crippen molar-refractivity contribution in [2.24, 2.45) is 5.41 Å². The van der Waals surface area contributed by atoms with Gasteiger partial charge in [0.05, 0.1) is 34.7 Å². The SMILES string of the molecule is CC(C)(C#N)Cc1c[nH]c(CC(C)(O)c2ccc(-c3ccc(F)cn3)cc2)n1. The molecule has 0 spiro atoms. The maximum absolute atomic E-state index is 13.0. The topological polar surface area (TPSA) is 85.6 Å². The highest BCUT2D eigenvalue weighted by Gasteiger charge is 2.26. The number of nitrogens with zero attached hydrogens (tertiary/aromatic N) is 3. The minimum Gasteiger partial charge on any atom is -0.385 e. The molecule has 144 valence electrons. The Labute approximate surface area is 163 Å². The molecule has 5 nitrogen and oxygen atoms in total. The zero-order chi connectivity index (χ0) is 20.4. The lowest BCUT2D eigenvalue weighted by atomic mass is 9.90. The van der Waals surface area contributed by atoms with Crippen molar-refractivity contribution in [3.8, 4) is 17.3 Å². The van der Waals surface area contributed by atoms with E-state index in [0.29, 0.717) is 24.4 Å². The highest BCUT2D eigenvalue weighted by Crippen LogP contribution is 2.27. The van der Waals surface area contributed by atoms with Crippen LogP contribution in [0.5, 0.6) is 0 Å². The second-order valence-corrected chi connectivity index (χ2v) is 7.90. The molecule has 1 atom stereocenters. The Hall–Kier alpha value is -3.04. The van der Waals surface area contributed by atoms with Crippen LogP contribution >= 0.6 is 0 Å². The van der Waals surface area contributed by atoms with Gasteiger partial charge in [0.25, 0.3) is 0 Å². The molecular formula is C22H23FN4O. The number of aromatic amines is 1. The smallest absolute Gasteiger partial charge is 0.141 e. The van der Waals surface area contributed by atoms with Crippen LogP contribution in [-0.2, 0) is 18.4 Å². The Bertz CT molecular complexity index is 983. The second-order valence-electron chi connectivity index (χ2n) is 7.90. The number of hydrogen-bond donors (Lipinski definition) is 2. The summed E-state index contributed by atoms with van der Waals surface area (Å²) >= 11 is 0. The summed E-state index contributed by atoms with van der Waals surface area (Å²) in [7, 11) is 0. The van der Waals surface area contributed by atoms with Crippen LogP contribution in [0.4, 0.5) is 4.39 Å². The van der Waals surface area contributed by atoms with E-state index in [0.717, 1.165) is 16.8 Å². The number of imidazole rings is 1. The molecule has 0 saturated heterocycles. The minimum atomic E-state index is -1.12. The average Bonchev–Trinajstić information content (AvgIpc) is 3.08. The fourth-order valence-corrected chi connectivity index (χ4v) is 3.05. The first-order valence-electron chi connectivity index (χ1n) is 9.08. The number of nitriles is 1. The van der Waals surface area contributed by atoms with E-state index < -0.39 is 11.0 Å². The second kappa shape index (κ2) is 7.53. The van der Waals surface area contributed by atoms with E-state index in [1.807, 2.05) is 38.1 Å². The predicted molar refractivity (Wildman–Crippen MR) is 105 cm³/mol. The number of hydrogen-bond acceptors (Lipinski definition) is 4. The molecule has 0 fully saturated rings. The summed E-state index contributed by atoms with van der Waals surface area (Å²) in [4.78, 5) is 11.7. The summed E-state index contributed by atoms with van der Waals surface area (Å²) in [5, 5.41) is 20.1. The molecule has 0 aliphatic heterocycles. The van der Waals surface area contributed by atoms with Gasteiger partial charge < -0.3 is 10.1 Å². The van der Waals surface area contributed by atoms with Gasteiger partial charge in [0.15, 0.2) is 0 Å². The predicted octanol–water partition coefficient (Wildman–Crippen LogP) is 4.15. The number of pyridine rings is 1. The van der Waals surface area contributed by atoms with E-state index in [9.17, 15) is 9.50 Å². The van der Waals surface area contributed by atoms with Crippen LogP contribution in [0.25, 0.3) is 11.3 Å². The van der Waals surface area contributed by atoms with Crippen LogP contribution in [-0.4, -0.2) is 20.1 Å². The Kier molecular flexibility index (Phi) is 5.30. The fourth-order valence-electron chi connectivity index (χ4n) is 3.05. The normalized spacial score (nSPS) is 13.7. The molecule has 3 aromatic rings. The lowest BCUT2D eigenvalue weighted by molar-refractivity contribution is 0.0556. The molecule has 1 unspecified atom stereocenters. The largest absolute Gasteiger partial charge is 0.385 e. The van der Waals surface area contributed by atoms with Gasteiger partial charge >= 0.3 is 0 Å². The first-order valence-corrected chi connectivity index (χ1v) is 9.08. The summed E-state index contributed by atoms with van der Waals surface area (Å²) in [5.41, 5.74) is 1.46. The number of halogens is 1. The third kappa shape index (κ3) is 4.62. The van der Waals surface area contributed by atoms with Crippen molar-refractivity contribution >= 4 is 0 Å². The zero-order valence-corrected chi connectivity index (χ0v) is 16.2. The first kappa shape index (κ1) is 19.7. The van der Waals surface area contributed by atoms with Crippen molar-refractivity contribution < 1.29 is 9.50 Å². The third-order valence-corrected chi connectivity index (χ3v) is 4.65. The van der Waals surface area contributed by atoms with Gasteiger partial charge in [-0.3, -0.25) is 4.98 Å². The molecule has 0 radical (unpaired) electrons. The quantitative estimate of drug-likeness (QED) is 0.675. The summed E-state index contributed by atoms with van der Waals surface area (Å²) in [6.07, 6.45) is 3.82. The van der Waals surface area contributed by atoms with Crippen molar-refractivity contribution in [3.63, 3.8) is 0 Å². The third-order valence-electron chi connectivity index (χ3n) is 4.65. The number of aliphatic hydroxyl groups is 1. The van der Waals surface area contributed by atoms with Crippen LogP contribution in [0.2, 0.25) is 0 Å². The van der Waals surface area contributed by atoms with Crippen LogP contribution in [0.3, 0.4) is 0 Å². The van der Waals surface area contributed by atoms with Gasteiger partial charge in [0.1, 0.15) is 11.6 Å². The monoisotopic (exact) mass is 378 g/mol. The van der Waals surface area contributed by atoms with Crippen LogP contribution in [0, 0.1) is 22.6 Å². The van der Waals surface area contributed by atoms with Gasteiger partial charge in [-0.15, -0.1) is 0 Å². The summed E-state index contributed by atoms with van der Waals surface area (Å²) < 4.78 is 13.0. The molecule has 0 aliphatic rings. The number of aromatic nitrogens is 3. The van der Waals surface area contributed by atoms with E-state index in [4.69, 9.17) is 5.26 Å². The van der Waals surface area contributed by atoms with Gasteiger partial charge in [-0.05, 0) is 38.5 Å². The Morgan fingerprint density at radius 1 is 1.11 bits per heavy atom.